The molecule has 8 heteroatoms. The summed E-state index contributed by atoms with van der Waals surface area (Å²) in [4.78, 5) is 12.4. The highest BCUT2D eigenvalue weighted by Gasteiger charge is 2.30. The molecule has 0 saturated heterocycles. The first-order chi connectivity index (χ1) is 15.6. The fraction of sp³-hybridized carbons (Fsp3) is 0.0417. The van der Waals surface area contributed by atoms with Crippen LogP contribution >= 0.6 is 0 Å². The van der Waals surface area contributed by atoms with Crippen LogP contribution in [0.5, 0.6) is 5.75 Å². The van der Waals surface area contributed by atoms with Crippen molar-refractivity contribution >= 4 is 43.1 Å². The first-order valence-electron chi connectivity index (χ1n) is 9.80. The number of anilines is 2. The zero-order chi connectivity index (χ0) is 22.1. The van der Waals surface area contributed by atoms with Gasteiger partial charge in [0.2, 0.25) is 0 Å². The number of methoxy groups -OCH3 is 1. The van der Waals surface area contributed by atoms with Gasteiger partial charge in [-0.1, -0.05) is 30.3 Å². The van der Waals surface area contributed by atoms with Gasteiger partial charge in [-0.2, -0.15) is 0 Å². The molecular formula is C24H18N4O3S. The van der Waals surface area contributed by atoms with E-state index in [4.69, 9.17) is 4.74 Å². The number of benzene rings is 3. The second kappa shape index (κ2) is 7.90. The molecule has 0 aliphatic heterocycles. The minimum absolute atomic E-state index is 0.130. The Balaban J connectivity index is 1.77. The van der Waals surface area contributed by atoms with Gasteiger partial charge < -0.3 is 4.74 Å². The van der Waals surface area contributed by atoms with Crippen LogP contribution in [-0.2, 0) is 10.0 Å². The Kier molecular flexibility index (Phi) is 4.91. The largest absolute Gasteiger partial charge is 0.495 e. The molecule has 2 heterocycles. The number of hydrogen-bond donors (Lipinski definition) is 0. The van der Waals surface area contributed by atoms with Crippen molar-refractivity contribution in [2.45, 2.75) is 4.90 Å². The molecule has 0 amide bonds. The van der Waals surface area contributed by atoms with Gasteiger partial charge >= 0.3 is 0 Å². The number of fused-ring (bicyclic) bond motifs is 2. The number of rotatable bonds is 5. The molecule has 0 unspecified atom stereocenters. The summed E-state index contributed by atoms with van der Waals surface area (Å²) in [5.74, 6) is 0.624. The highest BCUT2D eigenvalue weighted by Crippen LogP contribution is 2.40. The van der Waals surface area contributed by atoms with E-state index in [0.717, 1.165) is 21.5 Å². The topological polar surface area (TPSA) is 85.3 Å². The van der Waals surface area contributed by atoms with Gasteiger partial charge in [0.05, 0.1) is 12.0 Å². The van der Waals surface area contributed by atoms with Crippen molar-refractivity contribution in [1.82, 2.24) is 15.0 Å². The maximum absolute atomic E-state index is 14.0. The zero-order valence-electron chi connectivity index (χ0n) is 17.1. The molecule has 0 spiro atoms. The lowest BCUT2D eigenvalue weighted by atomic mass is 10.1. The van der Waals surface area contributed by atoms with Gasteiger partial charge in [0, 0.05) is 30.0 Å². The van der Waals surface area contributed by atoms with Crippen molar-refractivity contribution in [3.8, 4) is 5.75 Å². The summed E-state index contributed by atoms with van der Waals surface area (Å²) >= 11 is 0. The van der Waals surface area contributed by atoms with E-state index in [1.807, 2.05) is 30.3 Å². The van der Waals surface area contributed by atoms with Gasteiger partial charge in [-0.3, -0.25) is 4.98 Å². The molecule has 0 radical (unpaired) electrons. The molecule has 32 heavy (non-hydrogen) atoms. The third-order valence-corrected chi connectivity index (χ3v) is 6.90. The Bertz CT molecular complexity index is 1540. The SMILES string of the molecule is COc1cc2ccccc2cc1N(c1ccncn1)S(=O)(=O)c1ccc2cnccc2c1. The predicted molar refractivity (Wildman–Crippen MR) is 124 cm³/mol. The van der Waals surface area contributed by atoms with Crippen LogP contribution in [0.2, 0.25) is 0 Å². The molecule has 0 bridgehead atoms. The average Bonchev–Trinajstić information content (AvgIpc) is 2.84. The third kappa shape index (κ3) is 3.40. The molecular weight excluding hydrogens is 424 g/mol. The molecule has 5 aromatic rings. The second-order valence-electron chi connectivity index (χ2n) is 7.09. The van der Waals surface area contributed by atoms with Gasteiger partial charge in [0.1, 0.15) is 17.8 Å². The Morgan fingerprint density at radius 1 is 0.812 bits per heavy atom. The highest BCUT2D eigenvalue weighted by atomic mass is 32.2. The summed E-state index contributed by atoms with van der Waals surface area (Å²) in [6.45, 7) is 0. The molecule has 0 aliphatic rings. The molecule has 0 saturated carbocycles. The monoisotopic (exact) mass is 442 g/mol. The Morgan fingerprint density at radius 2 is 1.56 bits per heavy atom. The molecule has 0 aliphatic carbocycles. The minimum atomic E-state index is -4.06. The second-order valence-corrected chi connectivity index (χ2v) is 8.88. The lowest BCUT2D eigenvalue weighted by Crippen LogP contribution is -2.27. The first-order valence-corrected chi connectivity index (χ1v) is 11.2. The third-order valence-electron chi connectivity index (χ3n) is 5.19. The van der Waals surface area contributed by atoms with Gasteiger partial charge in [-0.25, -0.2) is 22.7 Å². The zero-order valence-corrected chi connectivity index (χ0v) is 17.9. The van der Waals surface area contributed by atoms with E-state index in [9.17, 15) is 8.42 Å². The van der Waals surface area contributed by atoms with Crippen LogP contribution in [0.25, 0.3) is 21.5 Å². The smallest absolute Gasteiger partial charge is 0.270 e. The molecule has 0 N–H and O–H groups in total. The predicted octanol–water partition coefficient (Wildman–Crippen LogP) is 4.71. The average molecular weight is 443 g/mol. The Labute approximate surface area is 185 Å². The van der Waals surface area contributed by atoms with Crippen molar-refractivity contribution in [2.75, 3.05) is 11.4 Å². The molecule has 5 rings (SSSR count). The van der Waals surface area contributed by atoms with Crippen LogP contribution in [0.4, 0.5) is 11.5 Å². The van der Waals surface area contributed by atoms with Crippen LogP contribution < -0.4 is 9.04 Å². The molecule has 7 nitrogen and oxygen atoms in total. The summed E-state index contributed by atoms with van der Waals surface area (Å²) in [5.41, 5.74) is 0.361. The number of sulfonamides is 1. The van der Waals surface area contributed by atoms with E-state index in [1.54, 1.807) is 48.8 Å². The van der Waals surface area contributed by atoms with E-state index in [-0.39, 0.29) is 10.7 Å². The summed E-state index contributed by atoms with van der Waals surface area (Å²) in [6.07, 6.45) is 6.15. The van der Waals surface area contributed by atoms with E-state index in [0.29, 0.717) is 11.4 Å². The van der Waals surface area contributed by atoms with E-state index in [2.05, 4.69) is 15.0 Å². The number of ether oxygens (including phenoxy) is 1. The summed E-state index contributed by atoms with van der Waals surface area (Å²) in [7, 11) is -2.54. The number of aromatic nitrogens is 3. The van der Waals surface area contributed by atoms with Gasteiger partial charge in [-0.15, -0.1) is 0 Å². The lowest BCUT2D eigenvalue weighted by molar-refractivity contribution is 0.416. The number of hydrogen-bond acceptors (Lipinski definition) is 6. The normalized spacial score (nSPS) is 11.5. The number of pyridine rings is 1. The van der Waals surface area contributed by atoms with Crippen molar-refractivity contribution in [3.05, 3.63) is 91.6 Å². The van der Waals surface area contributed by atoms with Crippen LogP contribution in [-0.4, -0.2) is 30.5 Å². The van der Waals surface area contributed by atoms with E-state index < -0.39 is 10.0 Å². The molecule has 3 aromatic carbocycles. The van der Waals surface area contributed by atoms with Gasteiger partial charge in [-0.05, 0) is 46.5 Å². The standard InChI is InChI=1S/C24H18N4O3S/c1-31-23-14-18-5-3-2-4-17(18)13-22(23)28(24-9-11-26-16-27-24)32(29,30)21-7-6-20-15-25-10-8-19(20)12-21/h2-16H,1H3. The Morgan fingerprint density at radius 3 is 2.31 bits per heavy atom. The van der Waals surface area contributed by atoms with Gasteiger partial charge in [0.25, 0.3) is 10.0 Å². The molecule has 2 aromatic heterocycles. The first kappa shape index (κ1) is 19.9. The van der Waals surface area contributed by atoms with Crippen LogP contribution in [0.15, 0.2) is 96.5 Å². The quantitative estimate of drug-likeness (QED) is 0.392. The van der Waals surface area contributed by atoms with Gasteiger partial charge in [0.15, 0.2) is 5.82 Å². The Hall–Kier alpha value is -4.04. The fourth-order valence-corrected chi connectivity index (χ4v) is 5.12. The molecule has 0 atom stereocenters. The number of nitrogens with zero attached hydrogens (tertiary/aromatic N) is 4. The maximum atomic E-state index is 14.0. The highest BCUT2D eigenvalue weighted by molar-refractivity contribution is 7.93. The van der Waals surface area contributed by atoms with Crippen molar-refractivity contribution in [1.29, 1.82) is 0 Å². The van der Waals surface area contributed by atoms with E-state index >= 15 is 0 Å². The minimum Gasteiger partial charge on any atom is -0.495 e. The fourth-order valence-electron chi connectivity index (χ4n) is 3.64. The maximum Gasteiger partial charge on any atom is 0.270 e. The summed E-state index contributed by atoms with van der Waals surface area (Å²) in [6, 6.07) is 19.6. The lowest BCUT2D eigenvalue weighted by Gasteiger charge is -2.25. The van der Waals surface area contributed by atoms with Crippen molar-refractivity contribution in [3.63, 3.8) is 0 Å². The van der Waals surface area contributed by atoms with Crippen molar-refractivity contribution in [2.24, 2.45) is 0 Å². The molecule has 158 valence electrons. The summed E-state index contributed by atoms with van der Waals surface area (Å²) in [5, 5.41) is 3.44. The van der Waals surface area contributed by atoms with Crippen LogP contribution in [0.3, 0.4) is 0 Å². The van der Waals surface area contributed by atoms with Crippen molar-refractivity contribution < 1.29 is 13.2 Å². The van der Waals surface area contributed by atoms with E-state index in [1.165, 1.54) is 23.9 Å². The summed E-state index contributed by atoms with van der Waals surface area (Å²) < 4.78 is 34.7. The van der Waals surface area contributed by atoms with Crippen LogP contribution in [0, 0.1) is 0 Å². The van der Waals surface area contributed by atoms with Crippen LogP contribution in [0.1, 0.15) is 0 Å². The molecule has 0 fully saturated rings.